The lowest BCUT2D eigenvalue weighted by molar-refractivity contribution is -0.119. The van der Waals surface area contributed by atoms with Gasteiger partial charge in [0.25, 0.3) is 0 Å². The number of nitrogens with one attached hydrogen (secondary N) is 1. The molecule has 0 saturated carbocycles. The van der Waals surface area contributed by atoms with Crippen LogP contribution in [0.3, 0.4) is 0 Å². The van der Waals surface area contributed by atoms with Crippen molar-refractivity contribution in [2.24, 2.45) is 11.8 Å². The topological polar surface area (TPSA) is 88.2 Å². The number of aromatic nitrogens is 1. The van der Waals surface area contributed by atoms with Gasteiger partial charge in [-0.2, -0.15) is 0 Å². The highest BCUT2D eigenvalue weighted by Crippen LogP contribution is 2.10. The standard InChI is InChI=1S/C5H7N3O.C5H10O.C2H6/c6-8-4-1-5(9)3-7-2-4;1-4(2)5(3)6;1-2/h1-3,8-9H,6H2;4H,1-3H3;1-2H3. The van der Waals surface area contributed by atoms with Gasteiger partial charge in [0.1, 0.15) is 11.5 Å². The number of Topliss-reactive ketones (excluding diaryl/α,β-unsaturated/α-hetero) is 1. The van der Waals surface area contributed by atoms with E-state index in [2.05, 4.69) is 10.4 Å². The Kier molecular flexibility index (Phi) is 11.4. The van der Waals surface area contributed by atoms with Gasteiger partial charge in [-0.1, -0.05) is 27.7 Å². The number of anilines is 1. The highest BCUT2D eigenvalue weighted by atomic mass is 16.3. The molecule has 1 heterocycles. The molecule has 0 aliphatic heterocycles. The second-order valence-electron chi connectivity index (χ2n) is 3.34. The van der Waals surface area contributed by atoms with Crippen molar-refractivity contribution >= 4 is 11.5 Å². The molecule has 0 aliphatic rings. The molecule has 0 aliphatic carbocycles. The van der Waals surface area contributed by atoms with Gasteiger partial charge in [-0.05, 0) is 6.92 Å². The lowest BCUT2D eigenvalue weighted by Gasteiger charge is -1.96. The fraction of sp³-hybridized carbons (Fsp3) is 0.500. The highest BCUT2D eigenvalue weighted by Gasteiger charge is 1.95. The predicted octanol–water partition coefficient (Wildman–Crippen LogP) is 2.33. The number of hydrogen-bond acceptors (Lipinski definition) is 5. The summed E-state index contributed by atoms with van der Waals surface area (Å²) in [7, 11) is 0. The Morgan fingerprint density at radius 2 is 1.88 bits per heavy atom. The van der Waals surface area contributed by atoms with Crippen molar-refractivity contribution in [1.82, 2.24) is 4.98 Å². The van der Waals surface area contributed by atoms with Gasteiger partial charge >= 0.3 is 0 Å². The molecule has 0 bridgehead atoms. The maximum atomic E-state index is 10.1. The maximum absolute atomic E-state index is 10.1. The second-order valence-corrected chi connectivity index (χ2v) is 3.34. The van der Waals surface area contributed by atoms with E-state index in [1.165, 1.54) is 18.5 Å². The molecule has 0 atom stereocenters. The van der Waals surface area contributed by atoms with Crippen LogP contribution in [0.1, 0.15) is 34.6 Å². The number of ketones is 1. The van der Waals surface area contributed by atoms with Crippen LogP contribution in [0, 0.1) is 5.92 Å². The molecule has 17 heavy (non-hydrogen) atoms. The molecule has 0 radical (unpaired) electrons. The SMILES string of the molecule is CC.CC(=O)C(C)C.NNc1cncc(O)c1. The van der Waals surface area contributed by atoms with Crippen molar-refractivity contribution < 1.29 is 9.90 Å². The molecule has 1 aromatic rings. The van der Waals surface area contributed by atoms with Crippen molar-refractivity contribution in [2.75, 3.05) is 5.43 Å². The first kappa shape index (κ1) is 17.8. The molecule has 0 aromatic carbocycles. The Hall–Kier alpha value is -1.62. The number of hydrogen-bond donors (Lipinski definition) is 3. The van der Waals surface area contributed by atoms with Gasteiger partial charge in [0, 0.05) is 12.0 Å². The summed E-state index contributed by atoms with van der Waals surface area (Å²) < 4.78 is 0. The quantitative estimate of drug-likeness (QED) is 0.546. The average Bonchev–Trinajstić information content (AvgIpc) is 2.32. The van der Waals surface area contributed by atoms with Gasteiger partial charge < -0.3 is 10.5 Å². The molecule has 0 unspecified atom stereocenters. The van der Waals surface area contributed by atoms with Crippen LogP contribution in [0.25, 0.3) is 0 Å². The number of hydrazine groups is 1. The summed E-state index contributed by atoms with van der Waals surface area (Å²) in [5.74, 6) is 5.59. The van der Waals surface area contributed by atoms with Crippen LogP contribution in [-0.4, -0.2) is 15.9 Å². The van der Waals surface area contributed by atoms with E-state index in [-0.39, 0.29) is 17.5 Å². The maximum Gasteiger partial charge on any atom is 0.135 e. The van der Waals surface area contributed by atoms with E-state index in [1.807, 2.05) is 27.7 Å². The Morgan fingerprint density at radius 3 is 2.12 bits per heavy atom. The summed E-state index contributed by atoms with van der Waals surface area (Å²) in [6.45, 7) is 9.38. The van der Waals surface area contributed by atoms with E-state index in [1.54, 1.807) is 6.92 Å². The minimum absolute atomic E-state index is 0.102. The fourth-order valence-corrected chi connectivity index (χ4v) is 0.507. The van der Waals surface area contributed by atoms with Gasteiger partial charge in [-0.25, -0.2) is 0 Å². The first-order valence-corrected chi connectivity index (χ1v) is 5.58. The third kappa shape index (κ3) is 10.7. The average molecular weight is 241 g/mol. The molecule has 1 rings (SSSR count). The summed E-state index contributed by atoms with van der Waals surface area (Å²) in [4.78, 5) is 13.8. The second kappa shape index (κ2) is 10.9. The van der Waals surface area contributed by atoms with Crippen molar-refractivity contribution in [3.05, 3.63) is 18.5 Å². The van der Waals surface area contributed by atoms with Crippen LogP contribution in [0.5, 0.6) is 5.75 Å². The predicted molar refractivity (Wildman–Crippen MR) is 70.6 cm³/mol. The molecular weight excluding hydrogens is 218 g/mol. The fourth-order valence-electron chi connectivity index (χ4n) is 0.507. The number of carbonyl (C=O) groups is 1. The van der Waals surface area contributed by atoms with E-state index >= 15 is 0 Å². The van der Waals surface area contributed by atoms with Crippen molar-refractivity contribution in [3.8, 4) is 5.75 Å². The largest absolute Gasteiger partial charge is 0.506 e. The lowest BCUT2D eigenvalue weighted by atomic mass is 10.1. The number of pyridine rings is 1. The van der Waals surface area contributed by atoms with Gasteiger partial charge in [-0.15, -0.1) is 0 Å². The number of nitrogens with zero attached hydrogens (tertiary/aromatic N) is 1. The van der Waals surface area contributed by atoms with Crippen LogP contribution >= 0.6 is 0 Å². The molecule has 5 heteroatoms. The Bertz CT molecular complexity index is 314. The molecule has 5 nitrogen and oxygen atoms in total. The summed E-state index contributed by atoms with van der Waals surface area (Å²) in [5, 5.41) is 8.79. The number of nitrogens with two attached hydrogens (primary N) is 1. The lowest BCUT2D eigenvalue weighted by Crippen LogP contribution is -2.06. The van der Waals surface area contributed by atoms with Crippen molar-refractivity contribution in [3.63, 3.8) is 0 Å². The van der Waals surface area contributed by atoms with E-state index in [0.29, 0.717) is 5.69 Å². The van der Waals surface area contributed by atoms with Crippen LogP contribution < -0.4 is 11.3 Å². The zero-order valence-electron chi connectivity index (χ0n) is 11.2. The van der Waals surface area contributed by atoms with E-state index in [0.717, 1.165) is 0 Å². The first-order chi connectivity index (χ1) is 7.97. The van der Waals surface area contributed by atoms with Crippen LogP contribution in [-0.2, 0) is 4.79 Å². The van der Waals surface area contributed by atoms with E-state index < -0.39 is 0 Å². The van der Waals surface area contributed by atoms with Crippen molar-refractivity contribution in [1.29, 1.82) is 0 Å². The smallest absolute Gasteiger partial charge is 0.135 e. The normalized spacial score (nSPS) is 8.41. The first-order valence-electron chi connectivity index (χ1n) is 5.58. The van der Waals surface area contributed by atoms with Gasteiger partial charge in [0.15, 0.2) is 0 Å². The summed E-state index contributed by atoms with van der Waals surface area (Å²) in [5.41, 5.74) is 2.94. The van der Waals surface area contributed by atoms with E-state index in [9.17, 15) is 4.79 Å². The van der Waals surface area contributed by atoms with Crippen molar-refractivity contribution in [2.45, 2.75) is 34.6 Å². The van der Waals surface area contributed by atoms with E-state index in [4.69, 9.17) is 10.9 Å². The zero-order valence-corrected chi connectivity index (χ0v) is 11.2. The van der Waals surface area contributed by atoms with Crippen LogP contribution in [0.15, 0.2) is 18.5 Å². The third-order valence-corrected chi connectivity index (χ3v) is 1.70. The molecule has 1 aromatic heterocycles. The zero-order chi connectivity index (χ0) is 13.8. The number of nitrogen functional groups attached to an aromatic ring is 1. The Morgan fingerprint density at radius 1 is 1.41 bits per heavy atom. The Balaban J connectivity index is 0. The summed E-state index contributed by atoms with van der Waals surface area (Å²) in [6, 6.07) is 1.48. The highest BCUT2D eigenvalue weighted by molar-refractivity contribution is 5.77. The molecule has 4 N–H and O–H groups in total. The molecule has 0 saturated heterocycles. The van der Waals surface area contributed by atoms with Gasteiger partial charge in [-0.3, -0.25) is 15.6 Å². The summed E-state index contributed by atoms with van der Waals surface area (Å²) in [6.07, 6.45) is 2.85. The number of aromatic hydroxyl groups is 1. The number of rotatable bonds is 2. The number of carbonyl (C=O) groups excluding carboxylic acids is 1. The third-order valence-electron chi connectivity index (χ3n) is 1.70. The molecule has 0 spiro atoms. The molecule has 98 valence electrons. The Labute approximate surface area is 103 Å². The van der Waals surface area contributed by atoms with Gasteiger partial charge in [0.05, 0.1) is 18.1 Å². The minimum Gasteiger partial charge on any atom is -0.506 e. The monoisotopic (exact) mass is 241 g/mol. The van der Waals surface area contributed by atoms with Gasteiger partial charge in [0.2, 0.25) is 0 Å². The summed E-state index contributed by atoms with van der Waals surface area (Å²) >= 11 is 0. The molecular formula is C12H23N3O2. The van der Waals surface area contributed by atoms with Crippen LogP contribution in [0.2, 0.25) is 0 Å². The minimum atomic E-state index is 0.102. The van der Waals surface area contributed by atoms with Crippen LogP contribution in [0.4, 0.5) is 5.69 Å². The molecule has 0 fully saturated rings. The molecule has 0 amide bonds.